The van der Waals surface area contributed by atoms with Crippen molar-refractivity contribution in [3.63, 3.8) is 0 Å². The van der Waals surface area contributed by atoms with Crippen LogP contribution in [-0.4, -0.2) is 10.9 Å². The lowest BCUT2D eigenvalue weighted by Crippen LogP contribution is -2.14. The first-order valence-corrected chi connectivity index (χ1v) is 6.05. The number of aryl methyl sites for hydroxylation is 1. The first-order valence-electron chi connectivity index (χ1n) is 5.26. The highest BCUT2D eigenvalue weighted by atomic mass is 79.9. The Bertz CT molecular complexity index is 581. The third kappa shape index (κ3) is 2.73. The SMILES string of the molecule is Cc1cccc(F)c1NC(=O)c1ccnc(Br)c1. The van der Waals surface area contributed by atoms with Crippen molar-refractivity contribution >= 4 is 27.5 Å². The molecule has 2 rings (SSSR count). The number of hydrogen-bond acceptors (Lipinski definition) is 2. The van der Waals surface area contributed by atoms with Crippen molar-refractivity contribution < 1.29 is 9.18 Å². The lowest BCUT2D eigenvalue weighted by atomic mass is 10.1. The molecule has 0 radical (unpaired) electrons. The number of pyridine rings is 1. The number of carbonyl (C=O) groups is 1. The van der Waals surface area contributed by atoms with Gasteiger partial charge in [0.15, 0.2) is 0 Å². The maximum atomic E-state index is 13.6. The van der Waals surface area contributed by atoms with E-state index in [2.05, 4.69) is 26.2 Å². The Balaban J connectivity index is 2.27. The van der Waals surface area contributed by atoms with Crippen molar-refractivity contribution in [3.8, 4) is 0 Å². The van der Waals surface area contributed by atoms with E-state index in [1.54, 1.807) is 31.2 Å². The van der Waals surface area contributed by atoms with Gasteiger partial charge in [-0.25, -0.2) is 9.37 Å². The molecule has 0 saturated carbocycles. The van der Waals surface area contributed by atoms with Crippen LogP contribution >= 0.6 is 15.9 Å². The fourth-order valence-electron chi connectivity index (χ4n) is 1.52. The van der Waals surface area contributed by atoms with E-state index in [0.29, 0.717) is 15.7 Å². The summed E-state index contributed by atoms with van der Waals surface area (Å²) in [6.45, 7) is 1.74. The van der Waals surface area contributed by atoms with Crippen LogP contribution in [0.3, 0.4) is 0 Å². The molecule has 2 aromatic rings. The number of anilines is 1. The van der Waals surface area contributed by atoms with E-state index in [9.17, 15) is 9.18 Å². The van der Waals surface area contributed by atoms with Gasteiger partial charge in [0.25, 0.3) is 5.91 Å². The van der Waals surface area contributed by atoms with Gasteiger partial charge in [0.05, 0.1) is 5.69 Å². The molecule has 0 spiro atoms. The summed E-state index contributed by atoms with van der Waals surface area (Å²) in [6.07, 6.45) is 1.51. The van der Waals surface area contributed by atoms with E-state index in [1.165, 1.54) is 12.3 Å². The molecule has 0 aliphatic heterocycles. The maximum Gasteiger partial charge on any atom is 0.255 e. The summed E-state index contributed by atoms with van der Waals surface area (Å²) in [6, 6.07) is 7.79. The number of hydrogen-bond donors (Lipinski definition) is 1. The largest absolute Gasteiger partial charge is 0.319 e. The van der Waals surface area contributed by atoms with Crippen LogP contribution in [0.25, 0.3) is 0 Å². The number of nitrogens with zero attached hydrogens (tertiary/aromatic N) is 1. The predicted molar refractivity (Wildman–Crippen MR) is 71.0 cm³/mol. The second-order valence-corrected chi connectivity index (χ2v) is 4.57. The summed E-state index contributed by atoms with van der Waals surface area (Å²) in [4.78, 5) is 15.9. The summed E-state index contributed by atoms with van der Waals surface area (Å²) < 4.78 is 14.1. The lowest BCUT2D eigenvalue weighted by molar-refractivity contribution is 0.102. The number of carbonyl (C=O) groups excluding carboxylic acids is 1. The van der Waals surface area contributed by atoms with Crippen LogP contribution in [0.5, 0.6) is 0 Å². The minimum Gasteiger partial charge on any atom is -0.319 e. The van der Waals surface area contributed by atoms with Crippen molar-refractivity contribution in [1.82, 2.24) is 4.98 Å². The van der Waals surface area contributed by atoms with Gasteiger partial charge in [0.2, 0.25) is 0 Å². The molecule has 0 bridgehead atoms. The van der Waals surface area contributed by atoms with E-state index in [1.807, 2.05) is 0 Å². The van der Waals surface area contributed by atoms with E-state index in [-0.39, 0.29) is 11.6 Å². The van der Waals surface area contributed by atoms with Crippen molar-refractivity contribution in [1.29, 1.82) is 0 Å². The number of nitrogens with one attached hydrogen (secondary N) is 1. The quantitative estimate of drug-likeness (QED) is 0.862. The van der Waals surface area contributed by atoms with Gasteiger partial charge < -0.3 is 5.32 Å². The minimum absolute atomic E-state index is 0.204. The maximum absolute atomic E-state index is 13.6. The number of halogens is 2. The first kappa shape index (κ1) is 12.7. The molecule has 3 nitrogen and oxygen atoms in total. The zero-order valence-electron chi connectivity index (χ0n) is 9.58. The molecule has 5 heteroatoms. The highest BCUT2D eigenvalue weighted by Gasteiger charge is 2.11. The topological polar surface area (TPSA) is 42.0 Å². The van der Waals surface area contributed by atoms with Gasteiger partial charge in [-0.1, -0.05) is 12.1 Å². The Morgan fingerprint density at radius 3 is 2.83 bits per heavy atom. The fraction of sp³-hybridized carbons (Fsp3) is 0.0769. The molecule has 18 heavy (non-hydrogen) atoms. The Morgan fingerprint density at radius 1 is 1.39 bits per heavy atom. The third-order valence-electron chi connectivity index (χ3n) is 2.45. The van der Waals surface area contributed by atoms with Crippen LogP contribution < -0.4 is 5.32 Å². The van der Waals surface area contributed by atoms with Crippen molar-refractivity contribution in [3.05, 3.63) is 58.1 Å². The van der Waals surface area contributed by atoms with Crippen molar-refractivity contribution in [2.45, 2.75) is 6.92 Å². The molecule has 0 aliphatic carbocycles. The number of benzene rings is 1. The van der Waals surface area contributed by atoms with Crippen LogP contribution in [0.15, 0.2) is 41.1 Å². The molecular weight excluding hydrogens is 299 g/mol. The molecule has 92 valence electrons. The Morgan fingerprint density at radius 2 is 2.17 bits per heavy atom. The van der Waals surface area contributed by atoms with E-state index in [4.69, 9.17) is 0 Å². The van der Waals surface area contributed by atoms with E-state index >= 15 is 0 Å². The Hall–Kier alpha value is -1.75. The van der Waals surface area contributed by atoms with Crippen molar-refractivity contribution in [2.24, 2.45) is 0 Å². The molecule has 0 unspecified atom stereocenters. The van der Waals surface area contributed by atoms with Crippen LogP contribution in [0.4, 0.5) is 10.1 Å². The van der Waals surface area contributed by atoms with Gasteiger partial charge in [-0.05, 0) is 46.6 Å². The second kappa shape index (κ2) is 5.27. The van der Waals surface area contributed by atoms with Gasteiger partial charge in [-0.15, -0.1) is 0 Å². The molecule has 0 atom stereocenters. The molecular formula is C13H10BrFN2O. The fourth-order valence-corrected chi connectivity index (χ4v) is 1.88. The van der Waals surface area contributed by atoms with Crippen LogP contribution in [0.2, 0.25) is 0 Å². The summed E-state index contributed by atoms with van der Waals surface area (Å²) in [5.74, 6) is -0.817. The molecule has 1 heterocycles. The van der Waals surface area contributed by atoms with Gasteiger partial charge in [0, 0.05) is 11.8 Å². The monoisotopic (exact) mass is 308 g/mol. The molecule has 1 aromatic carbocycles. The summed E-state index contributed by atoms with van der Waals surface area (Å²) in [5, 5.41) is 2.56. The number of aromatic nitrogens is 1. The molecule has 1 N–H and O–H groups in total. The second-order valence-electron chi connectivity index (χ2n) is 3.75. The van der Waals surface area contributed by atoms with Crippen molar-refractivity contribution in [2.75, 3.05) is 5.32 Å². The summed E-state index contributed by atoms with van der Waals surface area (Å²) >= 11 is 3.18. The van der Waals surface area contributed by atoms with Crippen LogP contribution in [0, 0.1) is 12.7 Å². The van der Waals surface area contributed by atoms with Gasteiger partial charge in [-0.3, -0.25) is 4.79 Å². The first-order chi connectivity index (χ1) is 8.58. The molecule has 1 amide bonds. The van der Waals surface area contributed by atoms with E-state index in [0.717, 1.165) is 0 Å². The summed E-state index contributed by atoms with van der Waals surface area (Å²) in [5.41, 5.74) is 1.30. The average Bonchev–Trinajstić information content (AvgIpc) is 2.34. The zero-order valence-corrected chi connectivity index (χ0v) is 11.2. The highest BCUT2D eigenvalue weighted by Crippen LogP contribution is 2.20. The van der Waals surface area contributed by atoms with Gasteiger partial charge in [0.1, 0.15) is 10.4 Å². The molecule has 0 aliphatic rings. The van der Waals surface area contributed by atoms with E-state index < -0.39 is 5.82 Å². The number of amides is 1. The number of para-hydroxylation sites is 1. The standard InChI is InChI=1S/C13H10BrFN2O/c1-8-3-2-4-10(15)12(8)17-13(18)9-5-6-16-11(14)7-9/h2-7H,1H3,(H,17,18). The highest BCUT2D eigenvalue weighted by molar-refractivity contribution is 9.10. The predicted octanol–water partition coefficient (Wildman–Crippen LogP) is 3.54. The number of rotatable bonds is 2. The zero-order chi connectivity index (χ0) is 13.1. The van der Waals surface area contributed by atoms with Crippen LogP contribution in [-0.2, 0) is 0 Å². The molecule has 1 aromatic heterocycles. The lowest BCUT2D eigenvalue weighted by Gasteiger charge is -2.09. The van der Waals surface area contributed by atoms with Gasteiger partial charge >= 0.3 is 0 Å². The normalized spacial score (nSPS) is 10.2. The molecule has 0 saturated heterocycles. The molecule has 0 fully saturated rings. The average molecular weight is 309 g/mol. The van der Waals surface area contributed by atoms with Crippen LogP contribution in [0.1, 0.15) is 15.9 Å². The minimum atomic E-state index is -0.448. The Kier molecular flexibility index (Phi) is 3.72. The van der Waals surface area contributed by atoms with Gasteiger partial charge in [-0.2, -0.15) is 0 Å². The third-order valence-corrected chi connectivity index (χ3v) is 2.88. The smallest absolute Gasteiger partial charge is 0.255 e. The summed E-state index contributed by atoms with van der Waals surface area (Å²) in [7, 11) is 0. The Labute approximate surface area is 112 Å².